The zero-order chi connectivity index (χ0) is 15.1. The summed E-state index contributed by atoms with van der Waals surface area (Å²) >= 11 is 0. The summed E-state index contributed by atoms with van der Waals surface area (Å²) in [5.74, 6) is 0.288. The Balaban J connectivity index is 2.20. The Labute approximate surface area is 127 Å². The highest BCUT2D eigenvalue weighted by Crippen LogP contribution is 2.27. The van der Waals surface area contributed by atoms with Crippen LogP contribution in [0.4, 0.5) is 0 Å². The summed E-state index contributed by atoms with van der Waals surface area (Å²) in [6.45, 7) is 4.82. The minimum absolute atomic E-state index is 0.260. The van der Waals surface area contributed by atoms with Gasteiger partial charge < -0.3 is 10.4 Å². The molecule has 2 atom stereocenters. The lowest BCUT2D eigenvalue weighted by atomic mass is 9.86. The molecule has 0 aromatic heterocycles. The van der Waals surface area contributed by atoms with E-state index >= 15 is 0 Å². The second kappa shape index (κ2) is 7.96. The highest BCUT2D eigenvalue weighted by atomic mass is 16.3. The largest absolute Gasteiger partial charge is 0.392 e. The molecule has 0 fully saturated rings. The number of aliphatic hydroxyl groups excluding tert-OH is 1. The highest BCUT2D eigenvalue weighted by Gasteiger charge is 2.21. The topological polar surface area (TPSA) is 32.3 Å². The number of benzene rings is 2. The van der Waals surface area contributed by atoms with E-state index in [1.807, 2.05) is 19.1 Å². The average Bonchev–Trinajstić information content (AvgIpc) is 2.55. The Bertz CT molecular complexity index is 472. The molecule has 2 heteroatoms. The van der Waals surface area contributed by atoms with E-state index in [2.05, 4.69) is 60.8 Å². The van der Waals surface area contributed by atoms with Crippen molar-refractivity contribution in [2.45, 2.75) is 38.3 Å². The maximum Gasteiger partial charge on any atom is 0.0662 e. The molecule has 0 saturated heterocycles. The zero-order valence-electron chi connectivity index (χ0n) is 12.9. The summed E-state index contributed by atoms with van der Waals surface area (Å²) in [5, 5.41) is 13.2. The van der Waals surface area contributed by atoms with Crippen LogP contribution in [0.25, 0.3) is 0 Å². The monoisotopic (exact) mass is 283 g/mol. The number of aliphatic hydroxyl groups is 1. The van der Waals surface area contributed by atoms with Crippen molar-refractivity contribution in [1.82, 2.24) is 5.32 Å². The van der Waals surface area contributed by atoms with Crippen LogP contribution in [0.3, 0.4) is 0 Å². The minimum atomic E-state index is -0.278. The Hall–Kier alpha value is -1.64. The molecule has 2 unspecified atom stereocenters. The smallest absolute Gasteiger partial charge is 0.0662 e. The van der Waals surface area contributed by atoms with E-state index in [-0.39, 0.29) is 18.1 Å². The van der Waals surface area contributed by atoms with Gasteiger partial charge in [-0.3, -0.25) is 0 Å². The van der Waals surface area contributed by atoms with Gasteiger partial charge >= 0.3 is 0 Å². The molecule has 0 amide bonds. The van der Waals surface area contributed by atoms with E-state index in [9.17, 15) is 5.11 Å². The van der Waals surface area contributed by atoms with Crippen LogP contribution in [0.15, 0.2) is 60.7 Å². The van der Waals surface area contributed by atoms with Crippen LogP contribution in [0.2, 0.25) is 0 Å². The molecule has 0 aliphatic rings. The molecule has 0 aliphatic heterocycles. The third-order valence-corrected chi connectivity index (χ3v) is 3.96. The van der Waals surface area contributed by atoms with Gasteiger partial charge in [0.15, 0.2) is 0 Å². The first-order valence-electron chi connectivity index (χ1n) is 7.73. The fraction of sp³-hybridized carbons (Fsp3) is 0.368. The van der Waals surface area contributed by atoms with Crippen molar-refractivity contribution in [3.8, 4) is 0 Å². The molecule has 2 aromatic rings. The first kappa shape index (κ1) is 15.7. The minimum Gasteiger partial charge on any atom is -0.392 e. The average molecular weight is 283 g/mol. The molecular weight excluding hydrogens is 258 g/mol. The first-order chi connectivity index (χ1) is 10.2. The van der Waals surface area contributed by atoms with Gasteiger partial charge in [0.05, 0.1) is 6.10 Å². The van der Waals surface area contributed by atoms with Gasteiger partial charge in [-0.05, 0) is 24.5 Å². The summed E-state index contributed by atoms with van der Waals surface area (Å²) in [6, 6.07) is 21.4. The summed E-state index contributed by atoms with van der Waals surface area (Å²) in [4.78, 5) is 0. The molecule has 2 nitrogen and oxygen atoms in total. The Kier molecular flexibility index (Phi) is 5.97. The summed E-state index contributed by atoms with van der Waals surface area (Å²) in [5.41, 5.74) is 2.60. The molecule has 0 heterocycles. The van der Waals surface area contributed by atoms with Crippen LogP contribution in [0.5, 0.6) is 0 Å². The predicted octanol–water partition coefficient (Wildman–Crippen LogP) is 3.57. The van der Waals surface area contributed by atoms with Crippen molar-refractivity contribution in [2.24, 2.45) is 0 Å². The quantitative estimate of drug-likeness (QED) is 0.814. The first-order valence-corrected chi connectivity index (χ1v) is 7.73. The van der Waals surface area contributed by atoms with Gasteiger partial charge in [0, 0.05) is 18.5 Å². The summed E-state index contributed by atoms with van der Waals surface area (Å²) < 4.78 is 0. The normalized spacial score (nSPS) is 14.1. The molecule has 0 aliphatic carbocycles. The third-order valence-electron chi connectivity index (χ3n) is 3.96. The lowest BCUT2D eigenvalue weighted by Gasteiger charge is -2.27. The predicted molar refractivity (Wildman–Crippen MR) is 88.5 cm³/mol. The third kappa shape index (κ3) is 4.42. The zero-order valence-corrected chi connectivity index (χ0v) is 12.9. The van der Waals surface area contributed by atoms with Crippen LogP contribution in [-0.2, 0) is 0 Å². The number of nitrogens with one attached hydrogen (secondary N) is 1. The lowest BCUT2D eigenvalue weighted by molar-refractivity contribution is 0.162. The van der Waals surface area contributed by atoms with E-state index in [0.29, 0.717) is 6.54 Å². The van der Waals surface area contributed by atoms with Crippen LogP contribution in [-0.4, -0.2) is 23.8 Å². The van der Waals surface area contributed by atoms with Crippen LogP contribution in [0.1, 0.15) is 37.3 Å². The molecule has 2 aromatic carbocycles. The van der Waals surface area contributed by atoms with Crippen molar-refractivity contribution in [2.75, 3.05) is 6.54 Å². The fourth-order valence-electron chi connectivity index (χ4n) is 2.67. The van der Waals surface area contributed by atoms with Crippen molar-refractivity contribution >= 4 is 0 Å². The van der Waals surface area contributed by atoms with E-state index < -0.39 is 0 Å². The lowest BCUT2D eigenvalue weighted by Crippen LogP contribution is -2.37. The maximum absolute atomic E-state index is 9.77. The molecular formula is C19H25NO. The molecule has 0 radical (unpaired) electrons. The standard InChI is InChI=1S/C19H25NO/c1-3-18(21)14-20-15(2)19(16-10-6-4-7-11-16)17-12-8-5-9-13-17/h4-13,15,18-21H,3,14H2,1-2H3. The molecule has 2 rings (SSSR count). The molecule has 21 heavy (non-hydrogen) atoms. The van der Waals surface area contributed by atoms with Crippen molar-refractivity contribution in [1.29, 1.82) is 0 Å². The summed E-state index contributed by atoms with van der Waals surface area (Å²) in [6.07, 6.45) is 0.501. The molecule has 0 bridgehead atoms. The number of hydrogen-bond acceptors (Lipinski definition) is 2. The van der Waals surface area contributed by atoms with E-state index in [0.717, 1.165) is 6.42 Å². The van der Waals surface area contributed by atoms with E-state index in [1.165, 1.54) is 11.1 Å². The van der Waals surface area contributed by atoms with Gasteiger partial charge in [-0.25, -0.2) is 0 Å². The molecule has 0 saturated carbocycles. The molecule has 2 N–H and O–H groups in total. The van der Waals surface area contributed by atoms with Gasteiger partial charge in [-0.2, -0.15) is 0 Å². The van der Waals surface area contributed by atoms with Crippen LogP contribution < -0.4 is 5.32 Å². The second-order valence-electron chi connectivity index (χ2n) is 5.56. The van der Waals surface area contributed by atoms with Crippen LogP contribution in [0, 0.1) is 0 Å². The van der Waals surface area contributed by atoms with Gasteiger partial charge in [0.25, 0.3) is 0 Å². The SMILES string of the molecule is CCC(O)CNC(C)C(c1ccccc1)c1ccccc1. The molecule has 112 valence electrons. The van der Waals surface area contributed by atoms with Crippen LogP contribution >= 0.6 is 0 Å². The number of rotatable bonds is 7. The maximum atomic E-state index is 9.77. The highest BCUT2D eigenvalue weighted by molar-refractivity contribution is 5.34. The number of hydrogen-bond donors (Lipinski definition) is 2. The van der Waals surface area contributed by atoms with Gasteiger partial charge in [0.2, 0.25) is 0 Å². The second-order valence-corrected chi connectivity index (χ2v) is 5.56. The summed E-state index contributed by atoms with van der Waals surface area (Å²) in [7, 11) is 0. The Morgan fingerprint density at radius 3 is 1.81 bits per heavy atom. The Morgan fingerprint density at radius 1 is 0.905 bits per heavy atom. The molecule has 0 spiro atoms. The van der Waals surface area contributed by atoms with Gasteiger partial charge in [0.1, 0.15) is 0 Å². The van der Waals surface area contributed by atoms with E-state index in [4.69, 9.17) is 0 Å². The van der Waals surface area contributed by atoms with Crippen molar-refractivity contribution in [3.05, 3.63) is 71.8 Å². The van der Waals surface area contributed by atoms with Crippen molar-refractivity contribution < 1.29 is 5.11 Å². The van der Waals surface area contributed by atoms with Crippen molar-refractivity contribution in [3.63, 3.8) is 0 Å². The Morgan fingerprint density at radius 2 is 1.38 bits per heavy atom. The van der Waals surface area contributed by atoms with Gasteiger partial charge in [-0.15, -0.1) is 0 Å². The van der Waals surface area contributed by atoms with Gasteiger partial charge in [-0.1, -0.05) is 67.6 Å². The van der Waals surface area contributed by atoms with E-state index in [1.54, 1.807) is 0 Å². The fourth-order valence-corrected chi connectivity index (χ4v) is 2.67.